The number of piperidine rings is 1. The first kappa shape index (κ1) is 16.8. The average Bonchev–Trinajstić information content (AvgIpc) is 2.54. The lowest BCUT2D eigenvalue weighted by molar-refractivity contribution is 0.0949. The number of amides is 1. The van der Waals surface area contributed by atoms with Crippen molar-refractivity contribution < 1.29 is 9.53 Å². The third kappa shape index (κ3) is 5.68. The highest BCUT2D eigenvalue weighted by atomic mass is 16.5. The van der Waals surface area contributed by atoms with E-state index < -0.39 is 0 Å². The number of carbonyl (C=O) groups excluding carboxylic acids is 1. The molecular formula is C18H28N2O2. The minimum atomic E-state index is -0.0216. The smallest absolute Gasteiger partial charge is 0.251 e. The van der Waals surface area contributed by atoms with Gasteiger partial charge < -0.3 is 15.4 Å². The highest BCUT2D eigenvalue weighted by Crippen LogP contribution is 2.14. The second-order valence-corrected chi connectivity index (χ2v) is 6.41. The number of hydrogen-bond acceptors (Lipinski definition) is 3. The van der Waals surface area contributed by atoms with Crippen LogP contribution in [0.15, 0.2) is 24.3 Å². The molecule has 1 aromatic rings. The van der Waals surface area contributed by atoms with E-state index in [0.29, 0.717) is 24.1 Å². The molecule has 4 nitrogen and oxygen atoms in total. The Morgan fingerprint density at radius 3 is 2.73 bits per heavy atom. The summed E-state index contributed by atoms with van der Waals surface area (Å²) < 4.78 is 5.77. The molecule has 2 N–H and O–H groups in total. The van der Waals surface area contributed by atoms with Gasteiger partial charge in [-0.2, -0.15) is 0 Å². The first-order valence-electron chi connectivity index (χ1n) is 8.39. The number of carbonyl (C=O) groups is 1. The van der Waals surface area contributed by atoms with Gasteiger partial charge in [-0.15, -0.1) is 0 Å². The molecule has 0 radical (unpaired) electrons. The van der Waals surface area contributed by atoms with Gasteiger partial charge in [0.25, 0.3) is 5.91 Å². The zero-order chi connectivity index (χ0) is 15.8. The molecule has 0 aliphatic carbocycles. The van der Waals surface area contributed by atoms with Crippen LogP contribution in [0.2, 0.25) is 0 Å². The minimum Gasteiger partial charge on any atom is -0.494 e. The zero-order valence-corrected chi connectivity index (χ0v) is 13.7. The summed E-state index contributed by atoms with van der Waals surface area (Å²) in [5, 5.41) is 6.44. The fourth-order valence-electron chi connectivity index (χ4n) is 2.59. The van der Waals surface area contributed by atoms with E-state index in [-0.39, 0.29) is 5.91 Å². The second kappa shape index (κ2) is 8.79. The van der Waals surface area contributed by atoms with Crippen LogP contribution in [-0.4, -0.2) is 31.6 Å². The third-order valence-corrected chi connectivity index (χ3v) is 3.93. The standard InChI is InChI=1S/C18H28N2O2/c1-14(2)13-20-18(21)15-6-8-17(9-7-15)22-12-10-16-5-3-4-11-19-16/h6-9,14,16,19H,3-5,10-13H2,1-2H3,(H,20,21). The van der Waals surface area contributed by atoms with Crippen molar-refractivity contribution in [2.45, 2.75) is 45.6 Å². The molecule has 1 aromatic carbocycles. The molecule has 1 fully saturated rings. The molecular weight excluding hydrogens is 276 g/mol. The van der Waals surface area contributed by atoms with Crippen molar-refractivity contribution in [2.24, 2.45) is 5.92 Å². The lowest BCUT2D eigenvalue weighted by Crippen LogP contribution is -2.35. The summed E-state index contributed by atoms with van der Waals surface area (Å²) in [7, 11) is 0. The van der Waals surface area contributed by atoms with Crippen LogP contribution in [0.5, 0.6) is 5.75 Å². The van der Waals surface area contributed by atoms with E-state index in [0.717, 1.165) is 25.3 Å². The molecule has 0 aromatic heterocycles. The largest absolute Gasteiger partial charge is 0.494 e. The zero-order valence-electron chi connectivity index (χ0n) is 13.7. The molecule has 1 heterocycles. The van der Waals surface area contributed by atoms with Crippen molar-refractivity contribution in [3.63, 3.8) is 0 Å². The summed E-state index contributed by atoms with van der Waals surface area (Å²) in [5.41, 5.74) is 0.682. The summed E-state index contributed by atoms with van der Waals surface area (Å²) in [6.07, 6.45) is 4.89. The van der Waals surface area contributed by atoms with E-state index in [9.17, 15) is 4.79 Å². The van der Waals surface area contributed by atoms with Crippen molar-refractivity contribution in [3.8, 4) is 5.75 Å². The summed E-state index contributed by atoms with van der Waals surface area (Å²) >= 11 is 0. The van der Waals surface area contributed by atoms with Gasteiger partial charge in [0, 0.05) is 18.2 Å². The van der Waals surface area contributed by atoms with Gasteiger partial charge in [0.05, 0.1) is 6.61 Å². The topological polar surface area (TPSA) is 50.4 Å². The molecule has 0 saturated carbocycles. The van der Waals surface area contributed by atoms with Gasteiger partial charge >= 0.3 is 0 Å². The Kier molecular flexibility index (Phi) is 6.72. The van der Waals surface area contributed by atoms with Gasteiger partial charge in [0.1, 0.15) is 5.75 Å². The Morgan fingerprint density at radius 1 is 1.32 bits per heavy atom. The lowest BCUT2D eigenvalue weighted by atomic mass is 10.0. The van der Waals surface area contributed by atoms with E-state index in [1.165, 1.54) is 19.3 Å². The predicted molar refractivity (Wildman–Crippen MR) is 89.4 cm³/mol. The number of benzene rings is 1. The van der Waals surface area contributed by atoms with E-state index >= 15 is 0 Å². The fourth-order valence-corrected chi connectivity index (χ4v) is 2.59. The molecule has 1 amide bonds. The Morgan fingerprint density at radius 2 is 2.09 bits per heavy atom. The average molecular weight is 304 g/mol. The van der Waals surface area contributed by atoms with Gasteiger partial charge in [-0.3, -0.25) is 4.79 Å². The lowest BCUT2D eigenvalue weighted by Gasteiger charge is -2.23. The highest BCUT2D eigenvalue weighted by Gasteiger charge is 2.12. The minimum absolute atomic E-state index is 0.0216. The highest BCUT2D eigenvalue weighted by molar-refractivity contribution is 5.94. The molecule has 1 atom stereocenters. The molecule has 122 valence electrons. The first-order valence-corrected chi connectivity index (χ1v) is 8.39. The third-order valence-electron chi connectivity index (χ3n) is 3.93. The molecule has 1 unspecified atom stereocenters. The Labute approximate surface area is 133 Å². The van der Waals surface area contributed by atoms with Crippen LogP contribution >= 0.6 is 0 Å². The molecule has 0 bridgehead atoms. The Hall–Kier alpha value is -1.55. The van der Waals surface area contributed by atoms with Crippen molar-refractivity contribution in [3.05, 3.63) is 29.8 Å². The van der Waals surface area contributed by atoms with E-state index in [4.69, 9.17) is 4.74 Å². The Balaban J connectivity index is 1.72. The van der Waals surface area contributed by atoms with Crippen molar-refractivity contribution >= 4 is 5.91 Å². The van der Waals surface area contributed by atoms with E-state index in [1.807, 2.05) is 24.3 Å². The summed E-state index contributed by atoms with van der Waals surface area (Å²) in [5.74, 6) is 1.27. The van der Waals surface area contributed by atoms with Gasteiger partial charge in [0.2, 0.25) is 0 Å². The number of nitrogens with one attached hydrogen (secondary N) is 2. The summed E-state index contributed by atoms with van der Waals surface area (Å²) in [4.78, 5) is 11.9. The van der Waals surface area contributed by atoms with Crippen LogP contribution in [0.25, 0.3) is 0 Å². The van der Waals surface area contributed by atoms with Crippen molar-refractivity contribution in [1.29, 1.82) is 0 Å². The van der Waals surface area contributed by atoms with Crippen LogP contribution in [-0.2, 0) is 0 Å². The van der Waals surface area contributed by atoms with Crippen LogP contribution in [0.4, 0.5) is 0 Å². The molecule has 0 spiro atoms. The van der Waals surface area contributed by atoms with E-state index in [2.05, 4.69) is 24.5 Å². The van der Waals surface area contributed by atoms with Crippen LogP contribution in [0.3, 0.4) is 0 Å². The maximum atomic E-state index is 11.9. The number of hydrogen-bond donors (Lipinski definition) is 2. The molecule has 1 saturated heterocycles. The van der Waals surface area contributed by atoms with E-state index in [1.54, 1.807) is 0 Å². The maximum Gasteiger partial charge on any atom is 0.251 e. The number of rotatable bonds is 7. The van der Waals surface area contributed by atoms with Gasteiger partial charge in [-0.25, -0.2) is 0 Å². The molecule has 2 rings (SSSR count). The maximum absolute atomic E-state index is 11.9. The van der Waals surface area contributed by atoms with Gasteiger partial charge in [-0.05, 0) is 56.0 Å². The predicted octanol–water partition coefficient (Wildman–Crippen LogP) is 2.98. The molecule has 1 aliphatic rings. The van der Waals surface area contributed by atoms with Gasteiger partial charge in [-0.1, -0.05) is 20.3 Å². The SMILES string of the molecule is CC(C)CNC(=O)c1ccc(OCCC2CCCCN2)cc1. The van der Waals surface area contributed by atoms with Crippen molar-refractivity contribution in [2.75, 3.05) is 19.7 Å². The number of ether oxygens (including phenoxy) is 1. The molecule has 22 heavy (non-hydrogen) atoms. The van der Waals surface area contributed by atoms with Gasteiger partial charge in [0.15, 0.2) is 0 Å². The molecule has 1 aliphatic heterocycles. The monoisotopic (exact) mass is 304 g/mol. The summed E-state index contributed by atoms with van der Waals surface area (Å²) in [6, 6.07) is 7.99. The van der Waals surface area contributed by atoms with Crippen molar-refractivity contribution in [1.82, 2.24) is 10.6 Å². The summed E-state index contributed by atoms with van der Waals surface area (Å²) in [6.45, 7) is 6.71. The second-order valence-electron chi connectivity index (χ2n) is 6.41. The molecule has 4 heteroatoms. The Bertz CT molecular complexity index is 451. The first-order chi connectivity index (χ1) is 10.6. The van der Waals surface area contributed by atoms with Crippen LogP contribution in [0, 0.1) is 5.92 Å². The fraction of sp³-hybridized carbons (Fsp3) is 0.611. The van der Waals surface area contributed by atoms with Crippen LogP contribution < -0.4 is 15.4 Å². The quantitative estimate of drug-likeness (QED) is 0.814. The normalized spacial score (nSPS) is 18.2. The van der Waals surface area contributed by atoms with Crippen LogP contribution in [0.1, 0.15) is 49.9 Å².